The number of hydrogen-bond acceptors (Lipinski definition) is 3. The lowest BCUT2D eigenvalue weighted by Crippen LogP contribution is -2.47. The first-order chi connectivity index (χ1) is 11.9. The third-order valence-corrected chi connectivity index (χ3v) is 4.60. The predicted octanol–water partition coefficient (Wildman–Crippen LogP) is 2.98. The van der Waals surface area contributed by atoms with Crippen LogP contribution in [0, 0.1) is 5.82 Å². The highest BCUT2D eigenvalue weighted by atomic mass is 79.9. The lowest BCUT2D eigenvalue weighted by molar-refractivity contribution is -0.143. The summed E-state index contributed by atoms with van der Waals surface area (Å²) < 4.78 is 14.8. The number of aliphatic carboxylic acids is 1. The molecule has 25 heavy (non-hydrogen) atoms. The first-order valence-electron chi connectivity index (χ1n) is 7.49. The van der Waals surface area contributed by atoms with Crippen LogP contribution in [0.15, 0.2) is 46.9 Å². The van der Waals surface area contributed by atoms with Gasteiger partial charge in [0.25, 0.3) is 5.91 Å². The molecule has 1 atom stereocenters. The molecule has 2 aromatic carbocycles. The van der Waals surface area contributed by atoms with Crippen molar-refractivity contribution in [2.75, 3.05) is 6.54 Å². The summed E-state index contributed by atoms with van der Waals surface area (Å²) in [5, 5.41) is 8.99. The summed E-state index contributed by atoms with van der Waals surface area (Å²) in [7, 11) is 0. The molecule has 0 aliphatic carbocycles. The highest BCUT2D eigenvalue weighted by Gasteiger charge is 2.39. The average Bonchev–Trinajstić information content (AvgIpc) is 2.57. The Bertz CT molecular complexity index is 883. The Hall–Kier alpha value is -2.54. The fourth-order valence-corrected chi connectivity index (χ4v) is 3.28. The van der Waals surface area contributed by atoms with E-state index < -0.39 is 36.1 Å². The van der Waals surface area contributed by atoms with Gasteiger partial charge >= 0.3 is 5.97 Å². The molecule has 2 amide bonds. The summed E-state index contributed by atoms with van der Waals surface area (Å²) in [5.41, 5.74) is 1.08. The van der Waals surface area contributed by atoms with E-state index in [1.807, 2.05) is 0 Å². The summed E-state index contributed by atoms with van der Waals surface area (Å²) in [4.78, 5) is 36.9. The molecule has 0 saturated heterocycles. The number of rotatable bonds is 4. The molecule has 1 aliphatic heterocycles. The molecular weight excluding hydrogens is 393 g/mol. The van der Waals surface area contributed by atoms with E-state index in [0.717, 1.165) is 0 Å². The molecule has 0 fully saturated rings. The van der Waals surface area contributed by atoms with Crippen molar-refractivity contribution in [3.05, 3.63) is 69.4 Å². The number of halogens is 2. The molecule has 5 nitrogen and oxygen atoms in total. The fourth-order valence-electron chi connectivity index (χ4n) is 2.95. The van der Waals surface area contributed by atoms with Gasteiger partial charge in [-0.15, -0.1) is 0 Å². The molecule has 1 aliphatic rings. The van der Waals surface area contributed by atoms with E-state index in [0.29, 0.717) is 20.5 Å². The minimum Gasteiger partial charge on any atom is -0.480 e. The third kappa shape index (κ3) is 3.32. The van der Waals surface area contributed by atoms with Gasteiger partial charge in [0, 0.05) is 10.0 Å². The minimum absolute atomic E-state index is 0.0400. The van der Waals surface area contributed by atoms with E-state index in [1.165, 1.54) is 6.07 Å². The van der Waals surface area contributed by atoms with Gasteiger partial charge in [0.2, 0.25) is 5.91 Å². The Morgan fingerprint density at radius 1 is 1.20 bits per heavy atom. The van der Waals surface area contributed by atoms with Crippen molar-refractivity contribution in [3.8, 4) is 0 Å². The fraction of sp³-hybridized carbons (Fsp3) is 0.167. The Morgan fingerprint density at radius 3 is 2.60 bits per heavy atom. The highest BCUT2D eigenvalue weighted by molar-refractivity contribution is 9.10. The van der Waals surface area contributed by atoms with E-state index in [9.17, 15) is 18.8 Å². The largest absolute Gasteiger partial charge is 0.480 e. The molecule has 3 rings (SSSR count). The maximum absolute atomic E-state index is 14.2. The van der Waals surface area contributed by atoms with Crippen LogP contribution >= 0.6 is 15.9 Å². The molecule has 0 spiro atoms. The van der Waals surface area contributed by atoms with E-state index in [-0.39, 0.29) is 12.0 Å². The van der Waals surface area contributed by atoms with Crippen molar-refractivity contribution in [2.24, 2.45) is 0 Å². The number of carbonyl (C=O) groups excluding carboxylic acids is 2. The molecule has 1 N–H and O–H groups in total. The Labute approximate surface area is 151 Å². The molecule has 2 aromatic rings. The number of fused-ring (bicyclic) bond motifs is 1. The van der Waals surface area contributed by atoms with Gasteiger partial charge in [-0.2, -0.15) is 0 Å². The first-order valence-corrected chi connectivity index (χ1v) is 8.28. The Kier molecular flexibility index (Phi) is 4.67. The molecular formula is C18H13BrFNO4. The molecule has 0 radical (unpaired) electrons. The highest BCUT2D eigenvalue weighted by Crippen LogP contribution is 2.33. The summed E-state index contributed by atoms with van der Waals surface area (Å²) in [6.45, 7) is -0.717. The lowest BCUT2D eigenvalue weighted by Gasteiger charge is -2.31. The van der Waals surface area contributed by atoms with Crippen LogP contribution in [0.1, 0.15) is 27.4 Å². The molecule has 0 saturated carbocycles. The zero-order valence-electron chi connectivity index (χ0n) is 12.9. The monoisotopic (exact) mass is 405 g/mol. The van der Waals surface area contributed by atoms with Gasteiger partial charge in [0.15, 0.2) is 0 Å². The molecule has 0 aromatic heterocycles. The zero-order valence-corrected chi connectivity index (χ0v) is 14.5. The van der Waals surface area contributed by atoms with E-state index in [4.69, 9.17) is 5.11 Å². The summed E-state index contributed by atoms with van der Waals surface area (Å²) in [6.07, 6.45) is 0.0400. The second kappa shape index (κ2) is 6.76. The van der Waals surface area contributed by atoms with Crippen LogP contribution in [0.2, 0.25) is 0 Å². The number of imide groups is 1. The van der Waals surface area contributed by atoms with Crippen LogP contribution in [-0.4, -0.2) is 34.3 Å². The second-order valence-corrected chi connectivity index (χ2v) is 6.62. The van der Waals surface area contributed by atoms with Crippen LogP contribution in [0.4, 0.5) is 4.39 Å². The maximum atomic E-state index is 14.2. The van der Waals surface area contributed by atoms with Crippen LogP contribution in [0.25, 0.3) is 0 Å². The average molecular weight is 406 g/mol. The summed E-state index contributed by atoms with van der Waals surface area (Å²) >= 11 is 3.18. The molecule has 1 unspecified atom stereocenters. The van der Waals surface area contributed by atoms with Gasteiger partial charge in [0.05, 0.1) is 5.92 Å². The number of amides is 2. The van der Waals surface area contributed by atoms with Crippen molar-refractivity contribution < 1.29 is 23.9 Å². The van der Waals surface area contributed by atoms with Crippen molar-refractivity contribution in [1.29, 1.82) is 0 Å². The van der Waals surface area contributed by atoms with Gasteiger partial charge in [-0.1, -0.05) is 40.2 Å². The number of benzene rings is 2. The van der Waals surface area contributed by atoms with E-state index in [1.54, 1.807) is 36.4 Å². The number of hydrogen-bond donors (Lipinski definition) is 1. The smallest absolute Gasteiger partial charge is 0.323 e. The van der Waals surface area contributed by atoms with E-state index in [2.05, 4.69) is 15.9 Å². The SMILES string of the molecule is O=C(O)CN1C(=O)c2ccccc2C(Cc2ccc(Br)cc2F)C1=O. The van der Waals surface area contributed by atoms with Crippen molar-refractivity contribution in [1.82, 2.24) is 4.90 Å². The molecule has 7 heteroatoms. The van der Waals surface area contributed by atoms with Gasteiger partial charge in [-0.25, -0.2) is 4.39 Å². The van der Waals surface area contributed by atoms with Crippen molar-refractivity contribution in [3.63, 3.8) is 0 Å². The Morgan fingerprint density at radius 2 is 1.92 bits per heavy atom. The number of nitrogens with zero attached hydrogens (tertiary/aromatic N) is 1. The Balaban J connectivity index is 2.04. The van der Waals surface area contributed by atoms with Crippen molar-refractivity contribution in [2.45, 2.75) is 12.3 Å². The zero-order chi connectivity index (χ0) is 18.1. The van der Waals surface area contributed by atoms with Crippen LogP contribution < -0.4 is 0 Å². The molecule has 1 heterocycles. The second-order valence-electron chi connectivity index (χ2n) is 5.70. The first kappa shape index (κ1) is 17.3. The standard InChI is InChI=1S/C18H13BrFNO4/c19-11-6-5-10(15(20)8-11)7-14-12-3-1-2-4-13(12)17(24)21(18(14)25)9-16(22)23/h1-6,8,14H,7,9H2,(H,22,23). The molecule has 0 bridgehead atoms. The van der Waals surface area contributed by atoms with Crippen LogP contribution in [0.5, 0.6) is 0 Å². The normalized spacial score (nSPS) is 16.7. The third-order valence-electron chi connectivity index (χ3n) is 4.11. The van der Waals surface area contributed by atoms with Crippen molar-refractivity contribution >= 4 is 33.7 Å². The van der Waals surface area contributed by atoms with Crippen LogP contribution in [-0.2, 0) is 16.0 Å². The summed E-state index contributed by atoms with van der Waals surface area (Å²) in [5.74, 6) is -3.84. The number of carboxylic acid groups (broad SMARTS) is 1. The minimum atomic E-state index is -1.28. The topological polar surface area (TPSA) is 74.7 Å². The van der Waals surface area contributed by atoms with Gasteiger partial charge < -0.3 is 5.11 Å². The predicted molar refractivity (Wildman–Crippen MR) is 90.7 cm³/mol. The summed E-state index contributed by atoms with van der Waals surface area (Å²) in [6, 6.07) is 11.0. The van der Waals surface area contributed by atoms with Gasteiger partial charge in [-0.3, -0.25) is 19.3 Å². The molecule has 128 valence electrons. The number of carbonyl (C=O) groups is 3. The quantitative estimate of drug-likeness (QED) is 0.793. The van der Waals surface area contributed by atoms with Gasteiger partial charge in [0.1, 0.15) is 12.4 Å². The number of carboxylic acids is 1. The maximum Gasteiger partial charge on any atom is 0.323 e. The lowest BCUT2D eigenvalue weighted by atomic mass is 9.84. The van der Waals surface area contributed by atoms with Gasteiger partial charge in [-0.05, 0) is 35.7 Å². The van der Waals surface area contributed by atoms with Crippen LogP contribution in [0.3, 0.4) is 0 Å². The van der Waals surface area contributed by atoms with E-state index >= 15 is 0 Å².